The molecule has 4 nitrogen and oxygen atoms in total. The number of rotatable bonds is 7. The SMILES string of the molecule is COC(=O)CC(C)c1cccc(NC(=O)C(c2ccc(Br)cc2)C2CCC2)c1C. The number of amides is 1. The van der Waals surface area contributed by atoms with Crippen LogP contribution < -0.4 is 5.32 Å². The van der Waals surface area contributed by atoms with E-state index in [1.807, 2.05) is 56.3 Å². The Morgan fingerprint density at radius 2 is 1.86 bits per heavy atom. The topological polar surface area (TPSA) is 55.4 Å². The van der Waals surface area contributed by atoms with Crippen molar-refractivity contribution in [3.63, 3.8) is 0 Å². The van der Waals surface area contributed by atoms with Crippen molar-refractivity contribution in [3.05, 3.63) is 63.6 Å². The van der Waals surface area contributed by atoms with Gasteiger partial charge in [-0.1, -0.05) is 53.5 Å². The average molecular weight is 458 g/mol. The standard InChI is InChI=1S/C24H28BrNO3/c1-15(14-22(27)29-3)20-8-5-9-21(16(20)2)26-24(28)23(17-6-4-7-17)18-10-12-19(25)13-11-18/h5,8-13,15,17,23H,4,6-7,14H2,1-3H3,(H,26,28). The molecule has 0 spiro atoms. The summed E-state index contributed by atoms with van der Waals surface area (Å²) >= 11 is 3.47. The highest BCUT2D eigenvalue weighted by molar-refractivity contribution is 9.10. The summed E-state index contributed by atoms with van der Waals surface area (Å²) in [5.41, 5.74) is 3.92. The third-order valence-corrected chi connectivity index (χ3v) is 6.53. The van der Waals surface area contributed by atoms with Gasteiger partial charge in [0.25, 0.3) is 0 Å². The van der Waals surface area contributed by atoms with Gasteiger partial charge in [-0.2, -0.15) is 0 Å². The van der Waals surface area contributed by atoms with Crippen molar-refractivity contribution in [2.45, 2.75) is 51.4 Å². The molecule has 2 unspecified atom stereocenters. The van der Waals surface area contributed by atoms with Crippen LogP contribution in [0.2, 0.25) is 0 Å². The maximum atomic E-state index is 13.3. The fourth-order valence-corrected chi connectivity index (χ4v) is 4.32. The first kappa shape index (κ1) is 21.6. The molecule has 29 heavy (non-hydrogen) atoms. The number of ether oxygens (including phenoxy) is 1. The lowest BCUT2D eigenvalue weighted by molar-refractivity contribution is -0.141. The molecule has 1 aliphatic carbocycles. The van der Waals surface area contributed by atoms with Crippen molar-refractivity contribution in [2.24, 2.45) is 5.92 Å². The number of methoxy groups -OCH3 is 1. The van der Waals surface area contributed by atoms with Crippen molar-refractivity contribution in [1.82, 2.24) is 0 Å². The van der Waals surface area contributed by atoms with E-state index in [1.165, 1.54) is 13.5 Å². The van der Waals surface area contributed by atoms with E-state index in [-0.39, 0.29) is 23.7 Å². The minimum atomic E-state index is -0.230. The lowest BCUT2D eigenvalue weighted by Gasteiger charge is -2.33. The zero-order valence-corrected chi connectivity index (χ0v) is 18.8. The minimum absolute atomic E-state index is 0.0215. The number of anilines is 1. The van der Waals surface area contributed by atoms with Crippen LogP contribution in [-0.4, -0.2) is 19.0 Å². The van der Waals surface area contributed by atoms with Crippen LogP contribution in [0.15, 0.2) is 46.9 Å². The number of hydrogen-bond acceptors (Lipinski definition) is 3. The molecule has 0 bridgehead atoms. The van der Waals surface area contributed by atoms with Gasteiger partial charge in [-0.15, -0.1) is 0 Å². The van der Waals surface area contributed by atoms with Gasteiger partial charge in [0.05, 0.1) is 19.4 Å². The molecule has 0 aliphatic heterocycles. The first-order valence-corrected chi connectivity index (χ1v) is 10.9. The summed E-state index contributed by atoms with van der Waals surface area (Å²) in [5.74, 6) is 0.0723. The normalized spacial score (nSPS) is 15.9. The van der Waals surface area contributed by atoms with E-state index < -0.39 is 0 Å². The molecule has 0 aromatic heterocycles. The van der Waals surface area contributed by atoms with Gasteiger partial charge in [0.1, 0.15) is 0 Å². The van der Waals surface area contributed by atoms with Gasteiger partial charge in [0.15, 0.2) is 0 Å². The van der Waals surface area contributed by atoms with Crippen LogP contribution in [0.25, 0.3) is 0 Å². The molecule has 1 fully saturated rings. The van der Waals surface area contributed by atoms with E-state index in [1.54, 1.807) is 0 Å². The second kappa shape index (κ2) is 9.57. The van der Waals surface area contributed by atoms with E-state index >= 15 is 0 Å². The summed E-state index contributed by atoms with van der Waals surface area (Å²) in [6, 6.07) is 13.9. The second-order valence-electron chi connectivity index (χ2n) is 7.91. The Hall–Kier alpha value is -2.14. The van der Waals surface area contributed by atoms with E-state index in [0.717, 1.165) is 39.7 Å². The van der Waals surface area contributed by atoms with Crippen molar-refractivity contribution < 1.29 is 14.3 Å². The molecule has 154 valence electrons. The van der Waals surface area contributed by atoms with E-state index in [4.69, 9.17) is 4.74 Å². The molecular formula is C24H28BrNO3. The van der Waals surface area contributed by atoms with Crippen LogP contribution in [0.4, 0.5) is 5.69 Å². The van der Waals surface area contributed by atoms with Gasteiger partial charge in [0.2, 0.25) is 5.91 Å². The van der Waals surface area contributed by atoms with Gasteiger partial charge in [0, 0.05) is 10.2 Å². The maximum absolute atomic E-state index is 13.3. The Morgan fingerprint density at radius 3 is 2.45 bits per heavy atom. The minimum Gasteiger partial charge on any atom is -0.469 e. The molecule has 2 aromatic carbocycles. The Morgan fingerprint density at radius 1 is 1.17 bits per heavy atom. The highest BCUT2D eigenvalue weighted by Gasteiger charge is 2.34. The average Bonchev–Trinajstić information content (AvgIpc) is 2.66. The molecule has 1 amide bonds. The van der Waals surface area contributed by atoms with Crippen LogP contribution in [0.3, 0.4) is 0 Å². The summed E-state index contributed by atoms with van der Waals surface area (Å²) in [6.45, 7) is 4.00. The van der Waals surface area contributed by atoms with E-state index in [2.05, 4.69) is 21.2 Å². The molecule has 0 radical (unpaired) electrons. The predicted molar refractivity (Wildman–Crippen MR) is 119 cm³/mol. The quantitative estimate of drug-likeness (QED) is 0.522. The molecule has 1 aliphatic rings. The number of esters is 1. The highest BCUT2D eigenvalue weighted by Crippen LogP contribution is 2.40. The maximum Gasteiger partial charge on any atom is 0.306 e. The Labute approximate surface area is 181 Å². The monoisotopic (exact) mass is 457 g/mol. The first-order chi connectivity index (χ1) is 13.9. The smallest absolute Gasteiger partial charge is 0.306 e. The summed E-state index contributed by atoms with van der Waals surface area (Å²) in [4.78, 5) is 25.0. The fourth-order valence-electron chi connectivity index (χ4n) is 4.06. The second-order valence-corrected chi connectivity index (χ2v) is 8.83. The fraction of sp³-hybridized carbons (Fsp3) is 0.417. The van der Waals surface area contributed by atoms with Crippen LogP contribution in [-0.2, 0) is 14.3 Å². The third-order valence-electron chi connectivity index (χ3n) is 6.00. The van der Waals surface area contributed by atoms with Crippen LogP contribution in [0, 0.1) is 12.8 Å². The molecule has 1 N–H and O–H groups in total. The lowest BCUT2D eigenvalue weighted by atomic mass is 9.72. The third kappa shape index (κ3) is 5.08. The van der Waals surface area contributed by atoms with Crippen molar-refractivity contribution in [3.8, 4) is 0 Å². The number of hydrogen-bond donors (Lipinski definition) is 1. The molecule has 0 heterocycles. The summed E-state index contributed by atoms with van der Waals surface area (Å²) in [6.07, 6.45) is 3.68. The van der Waals surface area contributed by atoms with Crippen LogP contribution >= 0.6 is 15.9 Å². The first-order valence-electron chi connectivity index (χ1n) is 10.1. The molecule has 1 saturated carbocycles. The summed E-state index contributed by atoms with van der Waals surface area (Å²) in [7, 11) is 1.40. The Balaban J connectivity index is 1.82. The number of carbonyl (C=O) groups excluding carboxylic acids is 2. The zero-order chi connectivity index (χ0) is 21.0. The highest BCUT2D eigenvalue weighted by atomic mass is 79.9. The van der Waals surface area contributed by atoms with Crippen LogP contribution in [0.5, 0.6) is 0 Å². The van der Waals surface area contributed by atoms with E-state index in [9.17, 15) is 9.59 Å². The Bertz CT molecular complexity index is 874. The zero-order valence-electron chi connectivity index (χ0n) is 17.2. The number of nitrogens with one attached hydrogen (secondary N) is 1. The van der Waals surface area contributed by atoms with Gasteiger partial charge < -0.3 is 10.1 Å². The molecule has 5 heteroatoms. The predicted octanol–water partition coefficient (Wildman–Crippen LogP) is 5.95. The summed E-state index contributed by atoms with van der Waals surface area (Å²) < 4.78 is 5.81. The number of carbonyl (C=O) groups is 2. The number of halogens is 1. The van der Waals surface area contributed by atoms with E-state index in [0.29, 0.717) is 12.3 Å². The van der Waals surface area contributed by atoms with Crippen molar-refractivity contribution in [2.75, 3.05) is 12.4 Å². The summed E-state index contributed by atoms with van der Waals surface area (Å²) in [5, 5.41) is 3.17. The molecule has 2 atom stereocenters. The van der Waals surface area contributed by atoms with Crippen molar-refractivity contribution in [1.29, 1.82) is 0 Å². The largest absolute Gasteiger partial charge is 0.469 e. The Kier molecular flexibility index (Phi) is 7.12. The van der Waals surface area contributed by atoms with Crippen LogP contribution in [0.1, 0.15) is 61.1 Å². The molecule has 2 aromatic rings. The van der Waals surface area contributed by atoms with Crippen molar-refractivity contribution >= 4 is 33.5 Å². The molecule has 0 saturated heterocycles. The van der Waals surface area contributed by atoms with Gasteiger partial charge >= 0.3 is 5.97 Å². The molecule has 3 rings (SSSR count). The lowest BCUT2D eigenvalue weighted by Crippen LogP contribution is -2.31. The van der Waals surface area contributed by atoms with Gasteiger partial charge in [-0.3, -0.25) is 9.59 Å². The van der Waals surface area contributed by atoms with Gasteiger partial charge in [-0.25, -0.2) is 0 Å². The molecular weight excluding hydrogens is 430 g/mol. The van der Waals surface area contributed by atoms with Gasteiger partial charge in [-0.05, 0) is 66.5 Å². The number of benzene rings is 2.